The summed E-state index contributed by atoms with van der Waals surface area (Å²) in [6, 6.07) is 19.2. The number of carbonyl (C=O) groups is 1. The molecule has 1 atom stereocenters. The van der Waals surface area contributed by atoms with E-state index in [1.165, 1.54) is 13.2 Å². The number of methoxy groups -OCH3 is 1. The molecule has 6 rings (SSSR count). The number of benzene rings is 3. The highest BCUT2D eigenvalue weighted by atomic mass is 19.1. The van der Waals surface area contributed by atoms with Gasteiger partial charge in [0.05, 0.1) is 54.5 Å². The predicted molar refractivity (Wildman–Crippen MR) is 156 cm³/mol. The molecule has 3 heterocycles. The number of aromatic nitrogens is 2. The number of rotatable bonds is 10. The van der Waals surface area contributed by atoms with Crippen LogP contribution in [0, 0.1) is 17.1 Å². The largest absolute Gasteiger partial charge is 0.490 e. The Balaban J connectivity index is 1.06. The second kappa shape index (κ2) is 12.8. The number of hydrogen-bond donors (Lipinski definition) is 0. The van der Waals surface area contributed by atoms with Crippen molar-refractivity contribution in [3.8, 4) is 17.6 Å². The smallest absolute Gasteiger partial charge is 0.337 e. The van der Waals surface area contributed by atoms with E-state index >= 15 is 0 Å². The van der Waals surface area contributed by atoms with E-state index in [1.807, 2.05) is 42.5 Å². The summed E-state index contributed by atoms with van der Waals surface area (Å²) >= 11 is 0. The minimum atomic E-state index is -0.462. The monoisotopic (exact) mass is 584 g/mol. The molecule has 9 nitrogen and oxygen atoms in total. The van der Waals surface area contributed by atoms with E-state index < -0.39 is 5.82 Å². The number of ether oxygens (including phenoxy) is 4. The third-order valence-corrected chi connectivity index (χ3v) is 8.01. The maximum atomic E-state index is 14.2. The minimum absolute atomic E-state index is 0.0566. The standard InChI is InChI=1S/C33H33FN4O5/c1-40-33(39)23-7-8-30-31(16-23)38(19-28-11-14-41-28)32(36-30)20-37-12-9-25(10-13-37)43-27-4-2-3-26(17-27)42-21-24-6-5-22(18-35)15-29(24)34/h2-8,15-17,25,28H,9-14,19-21H2,1H3/t28-/m0/s1. The van der Waals surface area contributed by atoms with Crippen LogP contribution in [0.4, 0.5) is 4.39 Å². The van der Waals surface area contributed by atoms with Gasteiger partial charge in [0.15, 0.2) is 0 Å². The first kappa shape index (κ1) is 28.6. The van der Waals surface area contributed by atoms with Crippen molar-refractivity contribution in [2.75, 3.05) is 26.8 Å². The van der Waals surface area contributed by atoms with Gasteiger partial charge in [-0.05, 0) is 61.7 Å². The molecule has 4 aromatic rings. The number of nitriles is 1. The highest BCUT2D eigenvalue weighted by molar-refractivity contribution is 5.93. The Kier molecular flexibility index (Phi) is 8.54. The van der Waals surface area contributed by atoms with E-state index in [1.54, 1.807) is 18.2 Å². The molecule has 0 N–H and O–H groups in total. The number of hydrogen-bond acceptors (Lipinski definition) is 8. The van der Waals surface area contributed by atoms with Crippen LogP contribution in [0.2, 0.25) is 0 Å². The lowest BCUT2D eigenvalue weighted by Crippen LogP contribution is -2.39. The number of nitrogens with zero attached hydrogens (tertiary/aromatic N) is 4. The molecule has 0 aliphatic carbocycles. The Morgan fingerprint density at radius 3 is 2.63 bits per heavy atom. The number of esters is 1. The van der Waals surface area contributed by atoms with Crippen molar-refractivity contribution in [1.29, 1.82) is 5.26 Å². The summed E-state index contributed by atoms with van der Waals surface area (Å²) < 4.78 is 39.2. The molecule has 2 aliphatic heterocycles. The molecule has 1 aromatic heterocycles. The lowest BCUT2D eigenvalue weighted by Gasteiger charge is -2.32. The normalized spacial score (nSPS) is 17.3. The number of likely N-dealkylation sites (tertiary alicyclic amines) is 1. The molecule has 0 bridgehead atoms. The fraction of sp³-hybridized carbons (Fsp3) is 0.364. The van der Waals surface area contributed by atoms with Gasteiger partial charge in [-0.15, -0.1) is 0 Å². The second-order valence-corrected chi connectivity index (χ2v) is 10.9. The molecule has 0 amide bonds. The lowest BCUT2D eigenvalue weighted by atomic mass is 10.1. The van der Waals surface area contributed by atoms with Gasteiger partial charge in [-0.2, -0.15) is 5.26 Å². The van der Waals surface area contributed by atoms with Crippen molar-refractivity contribution in [3.05, 3.63) is 89.0 Å². The molecule has 0 unspecified atom stereocenters. The summed E-state index contributed by atoms with van der Waals surface area (Å²) in [5, 5.41) is 8.93. The van der Waals surface area contributed by atoms with E-state index in [2.05, 4.69) is 9.47 Å². The SMILES string of the molecule is COC(=O)c1ccc2nc(CN3CCC(Oc4cccc(OCc5ccc(C#N)cc5F)c4)CC3)n(C[C@@H]3CCO3)c2c1. The van der Waals surface area contributed by atoms with Gasteiger partial charge in [-0.1, -0.05) is 12.1 Å². The minimum Gasteiger partial charge on any atom is -0.490 e. The molecule has 0 spiro atoms. The lowest BCUT2D eigenvalue weighted by molar-refractivity contribution is -0.0592. The highest BCUT2D eigenvalue weighted by Gasteiger charge is 2.26. The van der Waals surface area contributed by atoms with Crippen molar-refractivity contribution < 1.29 is 28.1 Å². The average Bonchev–Trinajstić information content (AvgIpc) is 3.34. The fourth-order valence-corrected chi connectivity index (χ4v) is 5.48. The topological polar surface area (TPSA) is 98.8 Å². The van der Waals surface area contributed by atoms with Crippen LogP contribution < -0.4 is 9.47 Å². The molecular weight excluding hydrogens is 551 g/mol. The number of piperidine rings is 1. The highest BCUT2D eigenvalue weighted by Crippen LogP contribution is 2.27. The predicted octanol–water partition coefficient (Wildman–Crippen LogP) is 5.24. The van der Waals surface area contributed by atoms with E-state index in [-0.39, 0.29) is 30.3 Å². The van der Waals surface area contributed by atoms with Crippen LogP contribution in [0.15, 0.2) is 60.7 Å². The Morgan fingerprint density at radius 1 is 1.09 bits per heavy atom. The van der Waals surface area contributed by atoms with Gasteiger partial charge in [-0.25, -0.2) is 14.2 Å². The van der Waals surface area contributed by atoms with Gasteiger partial charge < -0.3 is 23.5 Å². The Morgan fingerprint density at radius 2 is 1.91 bits per heavy atom. The first-order valence-electron chi connectivity index (χ1n) is 14.5. The van der Waals surface area contributed by atoms with Gasteiger partial charge in [-0.3, -0.25) is 4.90 Å². The molecule has 10 heteroatoms. The van der Waals surface area contributed by atoms with Crippen molar-refractivity contribution in [1.82, 2.24) is 14.5 Å². The molecule has 2 aliphatic rings. The number of fused-ring (bicyclic) bond motifs is 1. The van der Waals surface area contributed by atoms with Gasteiger partial charge in [0.2, 0.25) is 0 Å². The summed E-state index contributed by atoms with van der Waals surface area (Å²) in [6.07, 6.45) is 2.95. The maximum absolute atomic E-state index is 14.2. The molecule has 43 heavy (non-hydrogen) atoms. The van der Waals surface area contributed by atoms with E-state index in [9.17, 15) is 9.18 Å². The molecule has 0 radical (unpaired) electrons. The average molecular weight is 585 g/mol. The zero-order valence-electron chi connectivity index (χ0n) is 24.0. The number of halogens is 1. The molecule has 3 aromatic carbocycles. The van der Waals surface area contributed by atoms with Crippen molar-refractivity contribution in [2.45, 2.75) is 51.2 Å². The summed E-state index contributed by atoms with van der Waals surface area (Å²) in [5.41, 5.74) is 2.93. The van der Waals surface area contributed by atoms with Crippen LogP contribution in [-0.4, -0.2) is 59.4 Å². The molecule has 222 valence electrons. The van der Waals surface area contributed by atoms with Crippen molar-refractivity contribution in [2.24, 2.45) is 0 Å². The Bertz CT molecular complexity index is 1650. The molecule has 0 saturated carbocycles. The molecular formula is C33H33FN4O5. The third kappa shape index (κ3) is 6.63. The molecule has 2 fully saturated rings. The van der Waals surface area contributed by atoms with Crippen LogP contribution >= 0.6 is 0 Å². The Labute approximate surface area is 249 Å². The zero-order valence-corrected chi connectivity index (χ0v) is 24.0. The van der Waals surface area contributed by atoms with Crippen LogP contribution in [0.3, 0.4) is 0 Å². The summed E-state index contributed by atoms with van der Waals surface area (Å²) in [6.45, 7) is 3.94. The summed E-state index contributed by atoms with van der Waals surface area (Å²) in [5.74, 6) is 1.42. The van der Waals surface area contributed by atoms with Crippen LogP contribution in [-0.2, 0) is 29.2 Å². The van der Waals surface area contributed by atoms with Crippen molar-refractivity contribution in [3.63, 3.8) is 0 Å². The number of imidazole rings is 1. The van der Waals surface area contributed by atoms with Gasteiger partial charge in [0.1, 0.15) is 35.9 Å². The Hall–Kier alpha value is -4.46. The van der Waals surface area contributed by atoms with E-state index in [0.29, 0.717) is 35.7 Å². The number of carbonyl (C=O) groups excluding carboxylic acids is 1. The van der Waals surface area contributed by atoms with Gasteiger partial charge in [0, 0.05) is 31.3 Å². The maximum Gasteiger partial charge on any atom is 0.337 e. The van der Waals surface area contributed by atoms with Gasteiger partial charge in [0.25, 0.3) is 0 Å². The fourth-order valence-electron chi connectivity index (χ4n) is 5.48. The third-order valence-electron chi connectivity index (χ3n) is 8.01. The second-order valence-electron chi connectivity index (χ2n) is 10.9. The van der Waals surface area contributed by atoms with E-state index in [0.717, 1.165) is 55.8 Å². The van der Waals surface area contributed by atoms with Crippen molar-refractivity contribution >= 4 is 17.0 Å². The van der Waals surface area contributed by atoms with E-state index in [4.69, 9.17) is 29.2 Å². The first-order chi connectivity index (χ1) is 21.0. The first-order valence-corrected chi connectivity index (χ1v) is 14.5. The summed E-state index contributed by atoms with van der Waals surface area (Å²) in [7, 11) is 1.39. The quantitative estimate of drug-likeness (QED) is 0.233. The summed E-state index contributed by atoms with van der Waals surface area (Å²) in [4.78, 5) is 19.5. The van der Waals surface area contributed by atoms with Crippen LogP contribution in [0.25, 0.3) is 11.0 Å². The molecule has 2 saturated heterocycles. The van der Waals surface area contributed by atoms with Crippen LogP contribution in [0.1, 0.15) is 46.6 Å². The van der Waals surface area contributed by atoms with Gasteiger partial charge >= 0.3 is 5.97 Å². The zero-order chi connectivity index (χ0) is 29.8. The van der Waals surface area contributed by atoms with Crippen LogP contribution in [0.5, 0.6) is 11.5 Å².